The molecule has 2 aromatic rings. The Morgan fingerprint density at radius 3 is 1.41 bits per heavy atom. The molecule has 0 spiro atoms. The normalized spacial score (nSPS) is 18.8. The zero-order chi connectivity index (χ0) is 19.2. The van der Waals surface area contributed by atoms with Crippen molar-refractivity contribution in [2.75, 3.05) is 39.3 Å². The first-order valence-corrected chi connectivity index (χ1v) is 10.1. The summed E-state index contributed by atoms with van der Waals surface area (Å²) in [4.78, 5) is 4.57. The molecule has 1 fully saturated rings. The fourth-order valence-electron chi connectivity index (χ4n) is 3.46. The summed E-state index contributed by atoms with van der Waals surface area (Å²) >= 11 is 11.8. The van der Waals surface area contributed by atoms with E-state index in [0.717, 1.165) is 43.7 Å². The number of nitrogens with zero attached hydrogens (tertiary/aromatic N) is 2. The van der Waals surface area contributed by atoms with Crippen LogP contribution < -0.4 is 0 Å². The average Bonchev–Trinajstić information content (AvgIpc) is 2.88. The molecule has 2 atom stereocenters. The van der Waals surface area contributed by atoms with Gasteiger partial charge in [0, 0.05) is 36.2 Å². The Morgan fingerprint density at radius 2 is 1.04 bits per heavy atom. The van der Waals surface area contributed by atoms with Gasteiger partial charge in [0.2, 0.25) is 0 Å². The van der Waals surface area contributed by atoms with Gasteiger partial charge >= 0.3 is 0 Å². The monoisotopic (exact) mass is 408 g/mol. The van der Waals surface area contributed by atoms with Crippen molar-refractivity contribution in [1.29, 1.82) is 0 Å². The SMILES string of the molecule is OC(CN1CCCN(CC(O)c2ccc(Cl)cc2)CC1)c1ccc(Cl)cc1. The minimum Gasteiger partial charge on any atom is -0.387 e. The van der Waals surface area contributed by atoms with Crippen LogP contribution in [0.15, 0.2) is 48.5 Å². The number of β-amino-alcohol motifs (C(OH)–C–C–N with tert-alkyl or cyclic N) is 2. The van der Waals surface area contributed by atoms with E-state index in [0.29, 0.717) is 23.1 Å². The number of hydrogen-bond donors (Lipinski definition) is 2. The van der Waals surface area contributed by atoms with E-state index >= 15 is 0 Å². The summed E-state index contributed by atoms with van der Waals surface area (Å²) in [5.41, 5.74) is 1.78. The molecule has 27 heavy (non-hydrogen) atoms. The highest BCUT2D eigenvalue weighted by Crippen LogP contribution is 2.20. The molecule has 1 aliphatic heterocycles. The Morgan fingerprint density at radius 1 is 0.667 bits per heavy atom. The quantitative estimate of drug-likeness (QED) is 0.763. The van der Waals surface area contributed by atoms with Crippen molar-refractivity contribution < 1.29 is 10.2 Å². The average molecular weight is 409 g/mol. The summed E-state index contributed by atoms with van der Waals surface area (Å²) in [6, 6.07) is 14.7. The number of aliphatic hydroxyl groups excluding tert-OH is 2. The minimum atomic E-state index is -0.520. The van der Waals surface area contributed by atoms with Gasteiger partial charge in [-0.2, -0.15) is 0 Å². The van der Waals surface area contributed by atoms with E-state index < -0.39 is 12.2 Å². The fraction of sp³-hybridized carbons (Fsp3) is 0.429. The highest BCUT2D eigenvalue weighted by Gasteiger charge is 2.20. The van der Waals surface area contributed by atoms with Crippen molar-refractivity contribution in [3.8, 4) is 0 Å². The third kappa shape index (κ3) is 6.18. The Kier molecular flexibility index (Phi) is 7.53. The third-order valence-corrected chi connectivity index (χ3v) is 5.56. The molecule has 0 aliphatic carbocycles. The maximum Gasteiger partial charge on any atom is 0.0916 e. The van der Waals surface area contributed by atoms with Crippen LogP contribution in [0.4, 0.5) is 0 Å². The van der Waals surface area contributed by atoms with E-state index in [1.54, 1.807) is 0 Å². The topological polar surface area (TPSA) is 46.9 Å². The molecule has 0 bridgehead atoms. The van der Waals surface area contributed by atoms with E-state index in [-0.39, 0.29) is 0 Å². The molecule has 2 N–H and O–H groups in total. The lowest BCUT2D eigenvalue weighted by Crippen LogP contribution is -2.35. The Bertz CT molecular complexity index is 648. The first-order chi connectivity index (χ1) is 13.0. The van der Waals surface area contributed by atoms with Gasteiger partial charge in [-0.1, -0.05) is 47.5 Å². The summed E-state index contributed by atoms with van der Waals surface area (Å²) in [6.07, 6.45) is -0.0253. The van der Waals surface area contributed by atoms with Crippen LogP contribution in [-0.4, -0.2) is 59.3 Å². The molecule has 3 rings (SSSR count). The largest absolute Gasteiger partial charge is 0.387 e. The number of benzene rings is 2. The van der Waals surface area contributed by atoms with E-state index in [2.05, 4.69) is 9.80 Å². The standard InChI is InChI=1S/C21H26Cl2N2O2/c22-18-6-2-16(3-7-18)20(26)14-24-10-1-11-25(13-12-24)15-21(27)17-4-8-19(23)9-5-17/h2-9,20-21,26-27H,1,10-15H2. The molecule has 2 unspecified atom stereocenters. The highest BCUT2D eigenvalue weighted by atomic mass is 35.5. The molecule has 146 valence electrons. The van der Waals surface area contributed by atoms with Gasteiger partial charge < -0.3 is 10.2 Å². The van der Waals surface area contributed by atoms with Crippen molar-refractivity contribution >= 4 is 23.2 Å². The van der Waals surface area contributed by atoms with Crippen LogP contribution in [0.2, 0.25) is 10.0 Å². The van der Waals surface area contributed by atoms with Crippen LogP contribution >= 0.6 is 23.2 Å². The third-order valence-electron chi connectivity index (χ3n) is 5.05. The first kappa shape index (κ1) is 20.6. The van der Waals surface area contributed by atoms with E-state index in [1.807, 2.05) is 48.5 Å². The van der Waals surface area contributed by atoms with Gasteiger partial charge in [0.15, 0.2) is 0 Å². The summed E-state index contributed by atoms with van der Waals surface area (Å²) < 4.78 is 0. The lowest BCUT2D eigenvalue weighted by atomic mass is 10.1. The van der Waals surface area contributed by atoms with Gasteiger partial charge in [0.1, 0.15) is 0 Å². The van der Waals surface area contributed by atoms with Crippen LogP contribution in [0, 0.1) is 0 Å². The Balaban J connectivity index is 1.49. The van der Waals surface area contributed by atoms with Crippen molar-refractivity contribution in [2.45, 2.75) is 18.6 Å². The Hall–Kier alpha value is -1.14. The summed E-state index contributed by atoms with van der Waals surface area (Å²) in [5.74, 6) is 0. The molecule has 0 amide bonds. The van der Waals surface area contributed by atoms with Crippen LogP contribution in [0.1, 0.15) is 29.8 Å². The molecular weight excluding hydrogens is 383 g/mol. The molecule has 1 saturated heterocycles. The Labute approximate surface area is 170 Å². The number of rotatable bonds is 6. The second-order valence-corrected chi connectivity index (χ2v) is 7.96. The van der Waals surface area contributed by atoms with Crippen molar-refractivity contribution in [1.82, 2.24) is 9.80 Å². The van der Waals surface area contributed by atoms with Gasteiger partial charge in [-0.3, -0.25) is 9.80 Å². The predicted octanol–water partition coefficient (Wildman–Crippen LogP) is 3.77. The van der Waals surface area contributed by atoms with Gasteiger partial charge in [-0.25, -0.2) is 0 Å². The molecule has 0 aromatic heterocycles. The minimum absolute atomic E-state index is 0.520. The first-order valence-electron chi connectivity index (χ1n) is 9.33. The van der Waals surface area contributed by atoms with Gasteiger partial charge in [-0.15, -0.1) is 0 Å². The fourth-order valence-corrected chi connectivity index (χ4v) is 3.71. The summed E-state index contributed by atoms with van der Waals surface area (Å²) in [6.45, 7) is 4.84. The maximum atomic E-state index is 10.5. The van der Waals surface area contributed by atoms with Gasteiger partial charge in [0.05, 0.1) is 12.2 Å². The number of aliphatic hydroxyl groups is 2. The van der Waals surface area contributed by atoms with Crippen LogP contribution in [0.5, 0.6) is 0 Å². The summed E-state index contributed by atoms with van der Waals surface area (Å²) in [5, 5.41) is 22.3. The summed E-state index contributed by atoms with van der Waals surface area (Å²) in [7, 11) is 0. The predicted molar refractivity (Wildman–Crippen MR) is 110 cm³/mol. The van der Waals surface area contributed by atoms with Gasteiger partial charge in [0.25, 0.3) is 0 Å². The molecular formula is C21H26Cl2N2O2. The highest BCUT2D eigenvalue weighted by molar-refractivity contribution is 6.30. The molecule has 1 heterocycles. The lowest BCUT2D eigenvalue weighted by molar-refractivity contribution is 0.103. The number of halogens is 2. The maximum absolute atomic E-state index is 10.5. The second-order valence-electron chi connectivity index (χ2n) is 7.09. The van der Waals surface area contributed by atoms with Crippen LogP contribution in [0.25, 0.3) is 0 Å². The molecule has 2 aromatic carbocycles. The van der Waals surface area contributed by atoms with Crippen molar-refractivity contribution in [3.63, 3.8) is 0 Å². The zero-order valence-corrected chi connectivity index (χ0v) is 16.8. The molecule has 0 saturated carbocycles. The zero-order valence-electron chi connectivity index (χ0n) is 15.3. The molecule has 4 nitrogen and oxygen atoms in total. The van der Waals surface area contributed by atoms with Crippen molar-refractivity contribution in [3.05, 3.63) is 69.7 Å². The van der Waals surface area contributed by atoms with E-state index in [1.165, 1.54) is 0 Å². The van der Waals surface area contributed by atoms with Crippen LogP contribution in [-0.2, 0) is 0 Å². The van der Waals surface area contributed by atoms with E-state index in [9.17, 15) is 10.2 Å². The van der Waals surface area contributed by atoms with Crippen LogP contribution in [0.3, 0.4) is 0 Å². The second kappa shape index (κ2) is 9.87. The molecule has 6 heteroatoms. The van der Waals surface area contributed by atoms with E-state index in [4.69, 9.17) is 23.2 Å². The lowest BCUT2D eigenvalue weighted by Gasteiger charge is -2.25. The molecule has 1 aliphatic rings. The van der Waals surface area contributed by atoms with Crippen molar-refractivity contribution in [2.24, 2.45) is 0 Å². The molecule has 0 radical (unpaired) electrons. The van der Waals surface area contributed by atoms with Gasteiger partial charge in [-0.05, 0) is 54.9 Å². The smallest absolute Gasteiger partial charge is 0.0916 e. The number of hydrogen-bond acceptors (Lipinski definition) is 4.